The summed E-state index contributed by atoms with van der Waals surface area (Å²) in [4.78, 5) is 16.3. The highest BCUT2D eigenvalue weighted by Crippen LogP contribution is 2.16. The molecule has 1 saturated heterocycles. The smallest absolute Gasteiger partial charge is 0.236 e. The van der Waals surface area contributed by atoms with Gasteiger partial charge in [-0.2, -0.15) is 0 Å². The summed E-state index contributed by atoms with van der Waals surface area (Å²) in [7, 11) is 2.01. The maximum absolute atomic E-state index is 12.3. The number of hydrogen-bond acceptors (Lipinski definition) is 3. The van der Waals surface area contributed by atoms with Gasteiger partial charge in [-0.15, -0.1) is 12.4 Å². The monoisotopic (exact) mass is 333 g/mol. The summed E-state index contributed by atoms with van der Waals surface area (Å²) in [6.07, 6.45) is 0. The van der Waals surface area contributed by atoms with Crippen molar-refractivity contribution in [3.05, 3.63) is 48.0 Å². The molecule has 124 valence electrons. The first-order valence-corrected chi connectivity index (χ1v) is 7.87. The number of benzene rings is 2. The molecule has 4 nitrogen and oxygen atoms in total. The molecule has 3 rings (SSSR count). The van der Waals surface area contributed by atoms with Crippen molar-refractivity contribution in [2.24, 2.45) is 0 Å². The molecular weight excluding hydrogens is 310 g/mol. The van der Waals surface area contributed by atoms with Crippen LogP contribution in [0.4, 0.5) is 0 Å². The van der Waals surface area contributed by atoms with E-state index in [1.54, 1.807) is 0 Å². The fourth-order valence-electron chi connectivity index (χ4n) is 2.95. The van der Waals surface area contributed by atoms with Crippen molar-refractivity contribution in [2.75, 3.05) is 39.8 Å². The minimum atomic E-state index is 0. The zero-order valence-corrected chi connectivity index (χ0v) is 14.3. The lowest BCUT2D eigenvalue weighted by atomic mass is 10.1. The van der Waals surface area contributed by atoms with E-state index in [1.807, 2.05) is 11.9 Å². The lowest BCUT2D eigenvalue weighted by Gasteiger charge is -2.29. The number of carbonyl (C=O) groups excluding carboxylic acids is 1. The Bertz CT molecular complexity index is 656. The second-order valence-corrected chi connectivity index (χ2v) is 5.98. The molecule has 2 aromatic carbocycles. The second kappa shape index (κ2) is 8.29. The van der Waals surface area contributed by atoms with Crippen molar-refractivity contribution < 1.29 is 4.79 Å². The molecule has 0 spiro atoms. The summed E-state index contributed by atoms with van der Waals surface area (Å²) in [5, 5.41) is 5.78. The summed E-state index contributed by atoms with van der Waals surface area (Å²) < 4.78 is 0. The van der Waals surface area contributed by atoms with Gasteiger partial charge in [-0.25, -0.2) is 0 Å². The summed E-state index contributed by atoms with van der Waals surface area (Å²) >= 11 is 0. The Morgan fingerprint density at radius 2 is 1.83 bits per heavy atom. The third-order valence-electron chi connectivity index (χ3n) is 4.14. The van der Waals surface area contributed by atoms with Crippen LogP contribution < -0.4 is 5.32 Å². The maximum atomic E-state index is 12.3. The number of likely N-dealkylation sites (N-methyl/N-ethyl adjacent to an activating group) is 1. The van der Waals surface area contributed by atoms with E-state index >= 15 is 0 Å². The van der Waals surface area contributed by atoms with E-state index < -0.39 is 0 Å². The van der Waals surface area contributed by atoms with Crippen molar-refractivity contribution >= 4 is 29.1 Å². The third-order valence-corrected chi connectivity index (χ3v) is 4.14. The van der Waals surface area contributed by atoms with E-state index in [1.165, 1.54) is 16.3 Å². The molecule has 1 aliphatic rings. The van der Waals surface area contributed by atoms with Gasteiger partial charge in [0.15, 0.2) is 0 Å². The van der Waals surface area contributed by atoms with Crippen LogP contribution in [0, 0.1) is 0 Å². The minimum Gasteiger partial charge on any atom is -0.339 e. The highest BCUT2D eigenvalue weighted by atomic mass is 35.5. The molecule has 0 aromatic heterocycles. The fourth-order valence-corrected chi connectivity index (χ4v) is 2.95. The number of fused-ring (bicyclic) bond motifs is 1. The minimum absolute atomic E-state index is 0. The van der Waals surface area contributed by atoms with Gasteiger partial charge in [-0.05, 0) is 29.4 Å². The Hall–Kier alpha value is -1.62. The first-order chi connectivity index (χ1) is 10.7. The molecule has 1 aliphatic heterocycles. The normalized spacial score (nSPS) is 14.8. The zero-order chi connectivity index (χ0) is 15.4. The lowest BCUT2D eigenvalue weighted by molar-refractivity contribution is -0.132. The summed E-state index contributed by atoms with van der Waals surface area (Å²) in [5.74, 6) is 0.227. The number of halogens is 1. The number of amides is 1. The van der Waals surface area contributed by atoms with Gasteiger partial charge in [-0.3, -0.25) is 9.69 Å². The Balaban J connectivity index is 0.00000192. The van der Waals surface area contributed by atoms with Crippen molar-refractivity contribution in [1.29, 1.82) is 0 Å². The standard InChI is InChI=1S/C18H23N3O.ClH/c1-20(14-18(22)21-10-8-19-9-11-21)13-15-6-7-16-4-2-3-5-17(16)12-15;/h2-7,12,19H,8-11,13-14H2,1H3;1H. The zero-order valence-electron chi connectivity index (χ0n) is 13.5. The van der Waals surface area contributed by atoms with Gasteiger partial charge in [0.05, 0.1) is 6.54 Å². The Kier molecular flexibility index (Phi) is 6.39. The largest absolute Gasteiger partial charge is 0.339 e. The molecule has 0 atom stereocenters. The Labute approximate surface area is 143 Å². The van der Waals surface area contributed by atoms with Gasteiger partial charge in [-0.1, -0.05) is 36.4 Å². The number of nitrogens with one attached hydrogen (secondary N) is 1. The predicted octanol–water partition coefficient (Wildman–Crippen LogP) is 2.13. The summed E-state index contributed by atoms with van der Waals surface area (Å²) in [5.41, 5.74) is 1.24. The molecule has 1 amide bonds. The molecule has 0 radical (unpaired) electrons. The lowest BCUT2D eigenvalue weighted by Crippen LogP contribution is -2.49. The van der Waals surface area contributed by atoms with Crippen molar-refractivity contribution in [2.45, 2.75) is 6.54 Å². The van der Waals surface area contributed by atoms with Crippen LogP contribution in [0.5, 0.6) is 0 Å². The maximum Gasteiger partial charge on any atom is 0.236 e. The molecule has 0 unspecified atom stereocenters. The SMILES string of the molecule is CN(CC(=O)N1CCNCC1)Cc1ccc2ccccc2c1.Cl. The second-order valence-electron chi connectivity index (χ2n) is 5.98. The molecule has 0 saturated carbocycles. The predicted molar refractivity (Wildman–Crippen MR) is 97.0 cm³/mol. The van der Waals surface area contributed by atoms with Crippen LogP contribution in [0.2, 0.25) is 0 Å². The van der Waals surface area contributed by atoms with Crippen LogP contribution in [-0.4, -0.2) is 55.5 Å². The molecule has 5 heteroatoms. The van der Waals surface area contributed by atoms with Crippen molar-refractivity contribution in [1.82, 2.24) is 15.1 Å². The first kappa shape index (κ1) is 17.7. The van der Waals surface area contributed by atoms with Gasteiger partial charge < -0.3 is 10.2 Å². The van der Waals surface area contributed by atoms with Gasteiger partial charge in [0.1, 0.15) is 0 Å². The van der Waals surface area contributed by atoms with Crippen molar-refractivity contribution in [3.8, 4) is 0 Å². The van der Waals surface area contributed by atoms with E-state index in [9.17, 15) is 4.79 Å². The van der Waals surface area contributed by atoms with Crippen LogP contribution in [0.15, 0.2) is 42.5 Å². The fraction of sp³-hybridized carbons (Fsp3) is 0.389. The molecular formula is C18H24ClN3O. The van der Waals surface area contributed by atoms with Crippen molar-refractivity contribution in [3.63, 3.8) is 0 Å². The molecule has 1 N–H and O–H groups in total. The third kappa shape index (κ3) is 4.67. The van der Waals surface area contributed by atoms with Crippen LogP contribution in [0.1, 0.15) is 5.56 Å². The molecule has 2 aromatic rings. The van der Waals surface area contributed by atoms with Crippen LogP contribution in [-0.2, 0) is 11.3 Å². The quantitative estimate of drug-likeness (QED) is 0.931. The van der Waals surface area contributed by atoms with Gasteiger partial charge in [0, 0.05) is 32.7 Å². The van der Waals surface area contributed by atoms with Crippen LogP contribution in [0.3, 0.4) is 0 Å². The number of hydrogen-bond donors (Lipinski definition) is 1. The number of rotatable bonds is 4. The van der Waals surface area contributed by atoms with Gasteiger partial charge in [0.2, 0.25) is 5.91 Å². The number of carbonyl (C=O) groups is 1. The average Bonchev–Trinajstić information content (AvgIpc) is 2.55. The van der Waals surface area contributed by atoms with E-state index in [0.717, 1.165) is 32.7 Å². The van der Waals surface area contributed by atoms with Crippen LogP contribution in [0.25, 0.3) is 10.8 Å². The average molecular weight is 334 g/mol. The Morgan fingerprint density at radius 1 is 1.13 bits per heavy atom. The van der Waals surface area contributed by atoms with Gasteiger partial charge in [0.25, 0.3) is 0 Å². The first-order valence-electron chi connectivity index (χ1n) is 7.87. The molecule has 23 heavy (non-hydrogen) atoms. The topological polar surface area (TPSA) is 35.6 Å². The van der Waals surface area contributed by atoms with Gasteiger partial charge >= 0.3 is 0 Å². The number of nitrogens with zero attached hydrogens (tertiary/aromatic N) is 2. The molecule has 1 fully saturated rings. The van der Waals surface area contributed by atoms with E-state index in [4.69, 9.17) is 0 Å². The highest BCUT2D eigenvalue weighted by molar-refractivity contribution is 5.85. The Morgan fingerprint density at radius 3 is 2.57 bits per heavy atom. The van der Waals surface area contributed by atoms with E-state index in [2.05, 4.69) is 52.7 Å². The van der Waals surface area contributed by atoms with Crippen LogP contribution >= 0.6 is 12.4 Å². The summed E-state index contributed by atoms with van der Waals surface area (Å²) in [6.45, 7) is 4.72. The molecule has 1 heterocycles. The molecule has 0 bridgehead atoms. The van der Waals surface area contributed by atoms with E-state index in [-0.39, 0.29) is 18.3 Å². The molecule has 0 aliphatic carbocycles. The summed E-state index contributed by atoms with van der Waals surface area (Å²) in [6, 6.07) is 14.9. The van der Waals surface area contributed by atoms with E-state index in [0.29, 0.717) is 6.54 Å². The number of piperazine rings is 1. The highest BCUT2D eigenvalue weighted by Gasteiger charge is 2.17.